The fourth-order valence-corrected chi connectivity index (χ4v) is 1.32. The number of carbonyl (C=O) groups excluding carboxylic acids is 2. The Balaban J connectivity index is 4.11. The molecule has 7 nitrogen and oxygen atoms in total. The summed E-state index contributed by atoms with van der Waals surface area (Å²) in [6.45, 7) is 2.38. The van der Waals surface area contributed by atoms with E-state index in [1.165, 1.54) is 0 Å². The molecule has 0 aliphatic carbocycles. The third-order valence-electron chi connectivity index (χ3n) is 2.24. The van der Waals surface area contributed by atoms with Gasteiger partial charge in [0.25, 0.3) is 0 Å². The van der Waals surface area contributed by atoms with Crippen molar-refractivity contribution in [3.05, 3.63) is 0 Å². The third kappa shape index (κ3) is 7.77. The molecule has 0 rings (SSSR count). The number of urea groups is 1. The van der Waals surface area contributed by atoms with Gasteiger partial charge in [0.2, 0.25) is 5.91 Å². The Morgan fingerprint density at radius 3 is 2.44 bits per heavy atom. The molecule has 104 valence electrons. The van der Waals surface area contributed by atoms with Gasteiger partial charge in [0.1, 0.15) is 6.04 Å². The van der Waals surface area contributed by atoms with Crippen LogP contribution in [0.2, 0.25) is 0 Å². The second kappa shape index (κ2) is 8.62. The van der Waals surface area contributed by atoms with E-state index in [9.17, 15) is 14.4 Å². The van der Waals surface area contributed by atoms with Crippen LogP contribution in [0.25, 0.3) is 0 Å². The maximum Gasteiger partial charge on any atom is 0.326 e. The van der Waals surface area contributed by atoms with Crippen molar-refractivity contribution in [2.75, 3.05) is 12.8 Å². The zero-order valence-electron chi connectivity index (χ0n) is 10.4. The van der Waals surface area contributed by atoms with Crippen LogP contribution >= 0.6 is 11.8 Å². The number of thioether (sulfide) groups is 1. The SMILES string of the molecule is CSC(C)CNC(=O)NC(CCC(N)=O)C(=O)O. The summed E-state index contributed by atoms with van der Waals surface area (Å²) in [5.74, 6) is -1.79. The molecule has 0 spiro atoms. The van der Waals surface area contributed by atoms with E-state index in [4.69, 9.17) is 10.8 Å². The van der Waals surface area contributed by atoms with Crippen molar-refractivity contribution in [2.45, 2.75) is 31.1 Å². The first-order valence-corrected chi connectivity index (χ1v) is 6.73. The lowest BCUT2D eigenvalue weighted by Gasteiger charge is -2.15. The minimum Gasteiger partial charge on any atom is -0.480 e. The van der Waals surface area contributed by atoms with Gasteiger partial charge in [-0.25, -0.2) is 9.59 Å². The number of hydrogen-bond donors (Lipinski definition) is 4. The molecule has 0 aromatic carbocycles. The van der Waals surface area contributed by atoms with Crippen molar-refractivity contribution in [2.24, 2.45) is 5.73 Å². The van der Waals surface area contributed by atoms with E-state index < -0.39 is 23.9 Å². The molecule has 8 heteroatoms. The standard InChI is InChI=1S/C10H19N3O4S/c1-6(18-2)5-12-10(17)13-7(9(15)16)3-4-8(11)14/h6-7H,3-5H2,1-2H3,(H2,11,14)(H,15,16)(H2,12,13,17). The smallest absolute Gasteiger partial charge is 0.326 e. The molecule has 0 heterocycles. The van der Waals surface area contributed by atoms with E-state index in [0.717, 1.165) is 0 Å². The van der Waals surface area contributed by atoms with Gasteiger partial charge < -0.3 is 21.5 Å². The second-order valence-corrected chi connectivity index (χ2v) is 5.07. The van der Waals surface area contributed by atoms with Crippen LogP contribution < -0.4 is 16.4 Å². The molecule has 5 N–H and O–H groups in total. The van der Waals surface area contributed by atoms with Crippen molar-refractivity contribution in [3.63, 3.8) is 0 Å². The summed E-state index contributed by atoms with van der Waals surface area (Å²) >= 11 is 1.59. The summed E-state index contributed by atoms with van der Waals surface area (Å²) in [6.07, 6.45) is 1.81. The highest BCUT2D eigenvalue weighted by molar-refractivity contribution is 7.99. The molecule has 18 heavy (non-hydrogen) atoms. The lowest BCUT2D eigenvalue weighted by Crippen LogP contribution is -2.47. The Kier molecular flexibility index (Phi) is 7.93. The highest BCUT2D eigenvalue weighted by Crippen LogP contribution is 2.02. The molecule has 0 aromatic rings. The summed E-state index contributed by atoms with van der Waals surface area (Å²) in [5.41, 5.74) is 4.93. The third-order valence-corrected chi connectivity index (χ3v) is 3.21. The normalized spacial score (nSPS) is 13.4. The van der Waals surface area contributed by atoms with Crippen LogP contribution in [0.4, 0.5) is 4.79 Å². The molecule has 0 aliphatic heterocycles. The monoisotopic (exact) mass is 277 g/mol. The minimum atomic E-state index is -1.19. The van der Waals surface area contributed by atoms with Crippen molar-refractivity contribution in [1.29, 1.82) is 0 Å². The van der Waals surface area contributed by atoms with Gasteiger partial charge in [-0.1, -0.05) is 6.92 Å². The molecule has 0 aliphatic rings. The van der Waals surface area contributed by atoms with Crippen LogP contribution in [-0.2, 0) is 9.59 Å². The summed E-state index contributed by atoms with van der Waals surface area (Å²) in [7, 11) is 0. The van der Waals surface area contributed by atoms with Crippen molar-refractivity contribution >= 4 is 29.7 Å². The number of nitrogens with two attached hydrogens (primary N) is 1. The van der Waals surface area contributed by atoms with Gasteiger partial charge in [-0.3, -0.25) is 4.79 Å². The quantitative estimate of drug-likeness (QED) is 0.487. The molecule has 0 fully saturated rings. The molecule has 0 saturated carbocycles. The number of aliphatic carboxylic acids is 1. The van der Waals surface area contributed by atoms with Crippen molar-refractivity contribution < 1.29 is 19.5 Å². The highest BCUT2D eigenvalue weighted by atomic mass is 32.2. The lowest BCUT2D eigenvalue weighted by molar-refractivity contribution is -0.139. The number of nitrogens with one attached hydrogen (secondary N) is 2. The summed E-state index contributed by atoms with van der Waals surface area (Å²) in [6, 6.07) is -1.67. The first-order chi connectivity index (χ1) is 8.36. The van der Waals surface area contributed by atoms with Crippen molar-refractivity contribution in [1.82, 2.24) is 10.6 Å². The van der Waals surface area contributed by atoms with E-state index in [-0.39, 0.29) is 18.1 Å². The summed E-state index contributed by atoms with van der Waals surface area (Å²) < 4.78 is 0. The predicted octanol–water partition coefficient (Wildman–Crippen LogP) is -0.244. The van der Waals surface area contributed by atoms with Crippen LogP contribution in [0.15, 0.2) is 0 Å². The lowest BCUT2D eigenvalue weighted by atomic mass is 10.1. The fourth-order valence-electron chi connectivity index (χ4n) is 1.07. The largest absolute Gasteiger partial charge is 0.480 e. The molecule has 0 saturated heterocycles. The Morgan fingerprint density at radius 1 is 1.39 bits per heavy atom. The molecular formula is C10H19N3O4S. The summed E-state index contributed by atoms with van der Waals surface area (Å²) in [5, 5.41) is 13.9. The Bertz CT molecular complexity index is 311. The Labute approximate surface area is 110 Å². The molecule has 0 radical (unpaired) electrons. The van der Waals surface area contributed by atoms with Gasteiger partial charge in [-0.05, 0) is 12.7 Å². The maximum absolute atomic E-state index is 11.4. The first kappa shape index (κ1) is 16.6. The number of carboxylic acid groups (broad SMARTS) is 1. The van der Waals surface area contributed by atoms with Crippen LogP contribution in [-0.4, -0.2) is 47.1 Å². The van der Waals surface area contributed by atoms with Gasteiger partial charge in [0, 0.05) is 18.2 Å². The van der Waals surface area contributed by atoms with Crippen molar-refractivity contribution in [3.8, 4) is 0 Å². The van der Waals surface area contributed by atoms with E-state index in [1.807, 2.05) is 13.2 Å². The molecule has 0 bridgehead atoms. The van der Waals surface area contributed by atoms with Crippen LogP contribution in [0.1, 0.15) is 19.8 Å². The molecular weight excluding hydrogens is 258 g/mol. The number of primary amides is 1. The topological polar surface area (TPSA) is 122 Å². The van der Waals surface area contributed by atoms with Gasteiger partial charge >= 0.3 is 12.0 Å². The van der Waals surface area contributed by atoms with E-state index >= 15 is 0 Å². The maximum atomic E-state index is 11.4. The Morgan fingerprint density at radius 2 is 2.00 bits per heavy atom. The predicted molar refractivity (Wildman–Crippen MR) is 69.4 cm³/mol. The molecule has 3 amide bonds. The van der Waals surface area contributed by atoms with Gasteiger partial charge in [-0.15, -0.1) is 0 Å². The number of carbonyl (C=O) groups is 3. The van der Waals surface area contributed by atoms with Gasteiger partial charge in [0.05, 0.1) is 0 Å². The molecule has 2 atom stereocenters. The highest BCUT2D eigenvalue weighted by Gasteiger charge is 2.20. The van der Waals surface area contributed by atoms with E-state index in [2.05, 4.69) is 10.6 Å². The Hall–Kier alpha value is -1.44. The number of amides is 3. The molecule has 2 unspecified atom stereocenters. The zero-order valence-corrected chi connectivity index (χ0v) is 11.3. The van der Waals surface area contributed by atoms with Crippen LogP contribution in [0, 0.1) is 0 Å². The molecule has 0 aromatic heterocycles. The average Bonchev–Trinajstić information content (AvgIpc) is 2.30. The van der Waals surface area contributed by atoms with Gasteiger partial charge in [0.15, 0.2) is 0 Å². The zero-order chi connectivity index (χ0) is 14.1. The number of rotatable bonds is 8. The second-order valence-electron chi connectivity index (χ2n) is 3.80. The van der Waals surface area contributed by atoms with Gasteiger partial charge in [-0.2, -0.15) is 11.8 Å². The van der Waals surface area contributed by atoms with Crippen LogP contribution in [0.3, 0.4) is 0 Å². The van der Waals surface area contributed by atoms with E-state index in [1.54, 1.807) is 11.8 Å². The number of carboxylic acids is 1. The average molecular weight is 277 g/mol. The summed E-state index contributed by atoms with van der Waals surface area (Å²) in [4.78, 5) is 32.8. The van der Waals surface area contributed by atoms with E-state index in [0.29, 0.717) is 6.54 Å². The fraction of sp³-hybridized carbons (Fsp3) is 0.700. The first-order valence-electron chi connectivity index (χ1n) is 5.45. The van der Waals surface area contributed by atoms with Crippen LogP contribution in [0.5, 0.6) is 0 Å². The minimum absolute atomic E-state index is 0.0177. The number of hydrogen-bond acceptors (Lipinski definition) is 4.